The molecule has 0 aromatic carbocycles. The van der Waals surface area contributed by atoms with E-state index in [1.165, 1.54) is 0 Å². The predicted molar refractivity (Wildman–Crippen MR) is 89.4 cm³/mol. The van der Waals surface area contributed by atoms with Crippen LogP contribution in [0.25, 0.3) is 0 Å². The third-order valence-electron chi connectivity index (χ3n) is 4.19. The Morgan fingerprint density at radius 1 is 1.21 bits per heavy atom. The van der Waals surface area contributed by atoms with Gasteiger partial charge in [-0.05, 0) is 30.7 Å². The Balaban J connectivity index is 1.50. The number of aromatic nitrogens is 3. The molecule has 0 bridgehead atoms. The standard InChI is InChI=1S/C18H18N4O2/c23-18-17-12-14(13-24-16-4-2-1-3-5-16)20-22(17)11-10-21(18)15-6-8-19-9-7-15/h1-2,4,6-9,12H,3,5,10-11,13H2. The van der Waals surface area contributed by atoms with Crippen LogP contribution in [0.1, 0.15) is 29.0 Å². The average Bonchev–Trinajstić information content (AvgIpc) is 3.06. The Kier molecular flexibility index (Phi) is 3.86. The highest BCUT2D eigenvalue weighted by atomic mass is 16.5. The number of nitrogens with zero attached hydrogens (tertiary/aromatic N) is 4. The van der Waals surface area contributed by atoms with Crippen molar-refractivity contribution < 1.29 is 9.53 Å². The lowest BCUT2D eigenvalue weighted by Gasteiger charge is -2.27. The highest BCUT2D eigenvalue weighted by Crippen LogP contribution is 2.22. The van der Waals surface area contributed by atoms with Gasteiger partial charge in [-0.3, -0.25) is 14.5 Å². The van der Waals surface area contributed by atoms with Crippen LogP contribution in [0.5, 0.6) is 0 Å². The Hall–Kier alpha value is -2.89. The molecule has 0 spiro atoms. The minimum Gasteiger partial charge on any atom is -0.492 e. The summed E-state index contributed by atoms with van der Waals surface area (Å²) in [4.78, 5) is 18.5. The van der Waals surface area contributed by atoms with Crippen LogP contribution in [0, 0.1) is 0 Å². The molecule has 4 rings (SSSR count). The molecule has 0 N–H and O–H groups in total. The SMILES string of the molecule is O=C1c2cc(COC3=CC=CCC3)nn2CCN1c1ccncc1. The second-order valence-electron chi connectivity index (χ2n) is 5.79. The van der Waals surface area contributed by atoms with Crippen LogP contribution >= 0.6 is 0 Å². The summed E-state index contributed by atoms with van der Waals surface area (Å²) in [5, 5.41) is 4.50. The maximum absolute atomic E-state index is 12.7. The first-order valence-electron chi connectivity index (χ1n) is 8.08. The van der Waals surface area contributed by atoms with E-state index >= 15 is 0 Å². The Labute approximate surface area is 140 Å². The maximum atomic E-state index is 12.7. The zero-order valence-corrected chi connectivity index (χ0v) is 13.3. The number of fused-ring (bicyclic) bond motifs is 1. The van der Waals surface area contributed by atoms with Crippen LogP contribution in [-0.4, -0.2) is 27.2 Å². The molecular formula is C18H18N4O2. The third-order valence-corrected chi connectivity index (χ3v) is 4.19. The van der Waals surface area contributed by atoms with E-state index in [9.17, 15) is 4.79 Å². The zero-order valence-electron chi connectivity index (χ0n) is 13.3. The number of rotatable bonds is 4. The number of carbonyl (C=O) groups is 1. The molecule has 0 fully saturated rings. The molecule has 2 aliphatic rings. The van der Waals surface area contributed by atoms with Gasteiger partial charge in [-0.25, -0.2) is 0 Å². The smallest absolute Gasteiger partial charge is 0.276 e. The summed E-state index contributed by atoms with van der Waals surface area (Å²) in [6.45, 7) is 1.67. The topological polar surface area (TPSA) is 60.2 Å². The van der Waals surface area contributed by atoms with Gasteiger partial charge in [0.1, 0.15) is 18.0 Å². The van der Waals surface area contributed by atoms with Gasteiger partial charge in [-0.1, -0.05) is 12.2 Å². The average molecular weight is 322 g/mol. The number of allylic oxidation sites excluding steroid dienone is 4. The molecule has 0 atom stereocenters. The fourth-order valence-electron chi connectivity index (χ4n) is 2.96. The third kappa shape index (κ3) is 2.82. The van der Waals surface area contributed by atoms with E-state index in [4.69, 9.17) is 4.74 Å². The molecule has 0 unspecified atom stereocenters. The van der Waals surface area contributed by atoms with Gasteiger partial charge < -0.3 is 9.64 Å². The molecule has 1 aliphatic carbocycles. The van der Waals surface area contributed by atoms with Crippen molar-refractivity contribution in [1.29, 1.82) is 0 Å². The molecule has 122 valence electrons. The Morgan fingerprint density at radius 2 is 2.08 bits per heavy atom. The quantitative estimate of drug-likeness (QED) is 0.868. The summed E-state index contributed by atoms with van der Waals surface area (Å²) in [5.74, 6) is 0.930. The highest BCUT2D eigenvalue weighted by Gasteiger charge is 2.27. The van der Waals surface area contributed by atoms with Gasteiger partial charge in [0.15, 0.2) is 0 Å². The molecule has 24 heavy (non-hydrogen) atoms. The minimum atomic E-state index is -0.0361. The first kappa shape index (κ1) is 14.7. The molecule has 6 heteroatoms. The number of pyridine rings is 1. The number of hydrogen-bond donors (Lipinski definition) is 0. The lowest BCUT2D eigenvalue weighted by molar-refractivity contribution is 0.0962. The number of hydrogen-bond acceptors (Lipinski definition) is 4. The predicted octanol–water partition coefficient (Wildman–Crippen LogP) is 2.69. The van der Waals surface area contributed by atoms with Crippen molar-refractivity contribution in [2.24, 2.45) is 0 Å². The molecule has 3 heterocycles. The van der Waals surface area contributed by atoms with Crippen LogP contribution in [0.2, 0.25) is 0 Å². The lowest BCUT2D eigenvalue weighted by atomic mass is 10.2. The van der Waals surface area contributed by atoms with Crippen LogP contribution in [-0.2, 0) is 17.9 Å². The van der Waals surface area contributed by atoms with Crippen molar-refractivity contribution in [3.63, 3.8) is 0 Å². The molecule has 2 aromatic heterocycles. The highest BCUT2D eigenvalue weighted by molar-refractivity contribution is 6.05. The fraction of sp³-hybridized carbons (Fsp3) is 0.278. The molecule has 6 nitrogen and oxygen atoms in total. The fourth-order valence-corrected chi connectivity index (χ4v) is 2.96. The Bertz CT molecular complexity index is 808. The van der Waals surface area contributed by atoms with Crippen LogP contribution in [0.15, 0.2) is 54.6 Å². The summed E-state index contributed by atoms with van der Waals surface area (Å²) < 4.78 is 7.57. The summed E-state index contributed by atoms with van der Waals surface area (Å²) in [7, 11) is 0. The number of carbonyl (C=O) groups excluding carboxylic acids is 1. The number of ether oxygens (including phenoxy) is 1. The number of anilines is 1. The van der Waals surface area contributed by atoms with Gasteiger partial charge in [0.25, 0.3) is 5.91 Å². The van der Waals surface area contributed by atoms with Crippen molar-refractivity contribution in [3.05, 3.63) is 66.0 Å². The van der Waals surface area contributed by atoms with E-state index < -0.39 is 0 Å². The largest absolute Gasteiger partial charge is 0.492 e. The molecule has 2 aromatic rings. The van der Waals surface area contributed by atoms with Crippen molar-refractivity contribution in [2.45, 2.75) is 26.0 Å². The summed E-state index contributed by atoms with van der Waals surface area (Å²) >= 11 is 0. The van der Waals surface area contributed by atoms with Gasteiger partial charge in [-0.15, -0.1) is 0 Å². The molecule has 1 aliphatic heterocycles. The summed E-state index contributed by atoms with van der Waals surface area (Å²) in [6.07, 6.45) is 11.4. The van der Waals surface area contributed by atoms with Crippen LogP contribution in [0.4, 0.5) is 5.69 Å². The van der Waals surface area contributed by atoms with Crippen molar-refractivity contribution in [3.8, 4) is 0 Å². The molecule has 1 amide bonds. The second-order valence-corrected chi connectivity index (χ2v) is 5.79. The van der Waals surface area contributed by atoms with Gasteiger partial charge in [0, 0.05) is 31.0 Å². The molecule has 0 saturated carbocycles. The van der Waals surface area contributed by atoms with Crippen molar-refractivity contribution in [2.75, 3.05) is 11.4 Å². The van der Waals surface area contributed by atoms with Gasteiger partial charge in [-0.2, -0.15) is 5.10 Å². The van der Waals surface area contributed by atoms with Crippen LogP contribution in [0.3, 0.4) is 0 Å². The van der Waals surface area contributed by atoms with E-state index in [0.29, 0.717) is 25.4 Å². The first-order chi connectivity index (χ1) is 11.8. The van der Waals surface area contributed by atoms with Crippen LogP contribution < -0.4 is 4.90 Å². The van der Waals surface area contributed by atoms with E-state index in [0.717, 1.165) is 30.0 Å². The molecular weight excluding hydrogens is 304 g/mol. The van der Waals surface area contributed by atoms with Crippen molar-refractivity contribution in [1.82, 2.24) is 14.8 Å². The van der Waals surface area contributed by atoms with Gasteiger partial charge in [0.2, 0.25) is 0 Å². The zero-order chi connectivity index (χ0) is 16.4. The second kappa shape index (κ2) is 6.31. The number of amides is 1. The van der Waals surface area contributed by atoms with E-state index in [1.807, 2.05) is 30.4 Å². The Morgan fingerprint density at radius 3 is 2.88 bits per heavy atom. The maximum Gasteiger partial charge on any atom is 0.276 e. The van der Waals surface area contributed by atoms with E-state index in [1.54, 1.807) is 22.0 Å². The minimum absolute atomic E-state index is 0.0361. The lowest BCUT2D eigenvalue weighted by Crippen LogP contribution is -2.40. The van der Waals surface area contributed by atoms with E-state index in [-0.39, 0.29) is 5.91 Å². The van der Waals surface area contributed by atoms with E-state index in [2.05, 4.69) is 16.2 Å². The molecule has 0 radical (unpaired) electrons. The van der Waals surface area contributed by atoms with Gasteiger partial charge in [0.05, 0.1) is 12.3 Å². The summed E-state index contributed by atoms with van der Waals surface area (Å²) in [6, 6.07) is 5.52. The van der Waals surface area contributed by atoms with Gasteiger partial charge >= 0.3 is 0 Å². The monoisotopic (exact) mass is 322 g/mol. The van der Waals surface area contributed by atoms with Crippen molar-refractivity contribution >= 4 is 11.6 Å². The first-order valence-corrected chi connectivity index (χ1v) is 8.08. The normalized spacial score (nSPS) is 16.8. The molecule has 0 saturated heterocycles. The summed E-state index contributed by atoms with van der Waals surface area (Å²) in [5.41, 5.74) is 2.25.